The molecule has 0 aliphatic heterocycles. The average molecular weight is 339 g/mol. The van der Waals surface area contributed by atoms with E-state index in [0.29, 0.717) is 17.1 Å². The first-order valence-corrected chi connectivity index (χ1v) is 6.57. The van der Waals surface area contributed by atoms with Crippen molar-refractivity contribution in [2.24, 2.45) is 0 Å². The van der Waals surface area contributed by atoms with Crippen molar-refractivity contribution in [3.63, 3.8) is 0 Å². The van der Waals surface area contributed by atoms with Crippen LogP contribution in [0.3, 0.4) is 0 Å². The highest BCUT2D eigenvalue weighted by Gasteiger charge is 2.06. The number of hydrogen-bond acceptors (Lipinski definition) is 3. The largest absolute Gasteiger partial charge is 0.484 e. The second-order valence-electron chi connectivity index (χ2n) is 4.04. The summed E-state index contributed by atoms with van der Waals surface area (Å²) in [5, 5.41) is 2.65. The molecule has 0 saturated carbocycles. The summed E-state index contributed by atoms with van der Waals surface area (Å²) in [5.41, 5.74) is 6.76. The van der Waals surface area contributed by atoms with E-state index >= 15 is 0 Å². The summed E-state index contributed by atoms with van der Waals surface area (Å²) in [6.07, 6.45) is 0. The summed E-state index contributed by atoms with van der Waals surface area (Å²) in [6, 6.07) is 11.0. The van der Waals surface area contributed by atoms with Gasteiger partial charge in [-0.1, -0.05) is 6.07 Å². The Bertz CT molecular complexity index is 634. The van der Waals surface area contributed by atoms with Gasteiger partial charge in [0.25, 0.3) is 5.91 Å². The zero-order valence-electron chi connectivity index (χ0n) is 10.4. The van der Waals surface area contributed by atoms with Gasteiger partial charge in [-0.3, -0.25) is 4.79 Å². The molecule has 3 N–H and O–H groups in total. The van der Waals surface area contributed by atoms with E-state index in [0.717, 1.165) is 0 Å². The quantitative estimate of drug-likeness (QED) is 0.841. The summed E-state index contributed by atoms with van der Waals surface area (Å²) in [4.78, 5) is 11.7. The highest BCUT2D eigenvalue weighted by Crippen LogP contribution is 2.21. The van der Waals surface area contributed by atoms with E-state index < -0.39 is 0 Å². The van der Waals surface area contributed by atoms with Crippen molar-refractivity contribution in [3.05, 3.63) is 52.8 Å². The highest BCUT2D eigenvalue weighted by molar-refractivity contribution is 9.10. The number of nitrogens with one attached hydrogen (secondary N) is 1. The van der Waals surface area contributed by atoms with Crippen LogP contribution in [0.15, 0.2) is 46.9 Å². The number of nitrogen functional groups attached to an aromatic ring is 1. The van der Waals surface area contributed by atoms with Crippen molar-refractivity contribution in [2.75, 3.05) is 17.7 Å². The fourth-order valence-corrected chi connectivity index (χ4v) is 1.89. The topological polar surface area (TPSA) is 64.3 Å². The molecule has 0 unspecified atom stereocenters. The molecule has 6 heteroatoms. The lowest BCUT2D eigenvalue weighted by Crippen LogP contribution is -2.20. The third kappa shape index (κ3) is 3.96. The lowest BCUT2D eigenvalue weighted by molar-refractivity contribution is -0.118. The molecule has 0 fully saturated rings. The number of rotatable bonds is 4. The molecule has 2 rings (SSSR count). The van der Waals surface area contributed by atoms with Crippen LogP contribution in [-0.4, -0.2) is 12.5 Å². The fourth-order valence-electron chi connectivity index (χ4n) is 1.53. The lowest BCUT2D eigenvalue weighted by atomic mass is 10.3. The van der Waals surface area contributed by atoms with Crippen molar-refractivity contribution in [1.82, 2.24) is 0 Å². The van der Waals surface area contributed by atoms with Crippen molar-refractivity contribution >= 4 is 33.2 Å². The molecule has 20 heavy (non-hydrogen) atoms. The Morgan fingerprint density at radius 2 is 2.10 bits per heavy atom. The van der Waals surface area contributed by atoms with Gasteiger partial charge in [0.2, 0.25) is 0 Å². The summed E-state index contributed by atoms with van der Waals surface area (Å²) in [5.74, 6) is -0.307. The first-order valence-electron chi connectivity index (χ1n) is 5.78. The van der Waals surface area contributed by atoms with E-state index in [4.69, 9.17) is 10.5 Å². The fraction of sp³-hybridized carbons (Fsp3) is 0.0714. The molecular formula is C14H12BrFN2O2. The number of amides is 1. The Hall–Kier alpha value is -2.08. The first-order chi connectivity index (χ1) is 9.54. The summed E-state index contributed by atoms with van der Waals surface area (Å²) < 4.78 is 18.6. The minimum atomic E-state index is -0.387. The molecule has 2 aromatic rings. The van der Waals surface area contributed by atoms with Crippen LogP contribution in [0, 0.1) is 5.82 Å². The van der Waals surface area contributed by atoms with Crippen molar-refractivity contribution in [2.45, 2.75) is 0 Å². The maximum atomic E-state index is 13.0. The number of hydrogen-bond donors (Lipinski definition) is 2. The van der Waals surface area contributed by atoms with Gasteiger partial charge in [0.05, 0.1) is 4.47 Å². The number of carbonyl (C=O) groups excluding carboxylic acids is 1. The van der Waals surface area contributed by atoms with Gasteiger partial charge in [0.1, 0.15) is 11.6 Å². The van der Waals surface area contributed by atoms with E-state index in [1.54, 1.807) is 24.3 Å². The zero-order valence-corrected chi connectivity index (χ0v) is 12.0. The van der Waals surface area contributed by atoms with Crippen LogP contribution in [0.5, 0.6) is 5.75 Å². The van der Waals surface area contributed by atoms with E-state index in [9.17, 15) is 9.18 Å². The molecular weight excluding hydrogens is 327 g/mol. The van der Waals surface area contributed by atoms with Crippen molar-refractivity contribution in [3.8, 4) is 5.75 Å². The van der Waals surface area contributed by atoms with Gasteiger partial charge >= 0.3 is 0 Å². The predicted octanol–water partition coefficient (Wildman–Crippen LogP) is 3.19. The molecule has 0 aromatic heterocycles. The summed E-state index contributed by atoms with van der Waals surface area (Å²) >= 11 is 3.05. The number of halogens is 2. The highest BCUT2D eigenvalue weighted by atomic mass is 79.9. The molecule has 0 saturated heterocycles. The third-order valence-electron chi connectivity index (χ3n) is 2.43. The summed E-state index contributed by atoms with van der Waals surface area (Å²) in [6.45, 7) is -0.174. The first kappa shape index (κ1) is 14.3. The molecule has 0 atom stereocenters. The van der Waals surface area contributed by atoms with Gasteiger partial charge in [0.15, 0.2) is 6.61 Å². The zero-order chi connectivity index (χ0) is 14.5. The Morgan fingerprint density at radius 1 is 1.30 bits per heavy atom. The molecule has 0 bridgehead atoms. The Labute approximate surface area is 123 Å². The van der Waals surface area contributed by atoms with Gasteiger partial charge in [-0.05, 0) is 52.3 Å². The maximum absolute atomic E-state index is 13.0. The third-order valence-corrected chi connectivity index (χ3v) is 3.04. The van der Waals surface area contributed by atoms with Gasteiger partial charge in [0, 0.05) is 11.4 Å². The number of ether oxygens (including phenoxy) is 1. The van der Waals surface area contributed by atoms with Crippen LogP contribution in [0.1, 0.15) is 0 Å². The molecule has 104 valence electrons. The lowest BCUT2D eigenvalue weighted by Gasteiger charge is -2.08. The Balaban J connectivity index is 1.90. The Morgan fingerprint density at radius 3 is 2.80 bits per heavy atom. The minimum absolute atomic E-state index is 0.174. The van der Waals surface area contributed by atoms with Crippen molar-refractivity contribution < 1.29 is 13.9 Å². The number of anilines is 2. The molecule has 0 radical (unpaired) electrons. The van der Waals surface area contributed by atoms with Crippen molar-refractivity contribution in [1.29, 1.82) is 0 Å². The van der Waals surface area contributed by atoms with E-state index in [-0.39, 0.29) is 22.8 Å². The molecule has 0 aliphatic rings. The molecule has 4 nitrogen and oxygen atoms in total. The molecule has 0 heterocycles. The minimum Gasteiger partial charge on any atom is -0.484 e. The SMILES string of the molecule is Nc1cccc(NC(=O)COc2ccc(F)c(Br)c2)c1. The van der Waals surface area contributed by atoms with Crippen LogP contribution < -0.4 is 15.8 Å². The van der Waals surface area contributed by atoms with E-state index in [1.165, 1.54) is 18.2 Å². The standard InChI is InChI=1S/C14H12BrFN2O2/c15-12-7-11(4-5-13(12)16)20-8-14(19)18-10-3-1-2-9(17)6-10/h1-7H,8,17H2,(H,18,19). The second kappa shape index (κ2) is 6.38. The molecule has 1 amide bonds. The second-order valence-corrected chi connectivity index (χ2v) is 4.89. The van der Waals surface area contributed by atoms with Gasteiger partial charge < -0.3 is 15.8 Å². The summed E-state index contributed by atoms with van der Waals surface area (Å²) in [7, 11) is 0. The van der Waals surface area contributed by atoms with Crippen LogP contribution >= 0.6 is 15.9 Å². The molecule has 0 spiro atoms. The van der Waals surface area contributed by atoms with E-state index in [1.807, 2.05) is 0 Å². The van der Waals surface area contributed by atoms with E-state index in [2.05, 4.69) is 21.2 Å². The number of carbonyl (C=O) groups is 1. The van der Waals surface area contributed by atoms with Crippen LogP contribution in [0.25, 0.3) is 0 Å². The smallest absolute Gasteiger partial charge is 0.262 e. The Kier molecular flexibility index (Phi) is 4.57. The number of benzene rings is 2. The monoisotopic (exact) mass is 338 g/mol. The number of nitrogens with two attached hydrogens (primary N) is 1. The average Bonchev–Trinajstić information content (AvgIpc) is 2.40. The molecule has 2 aromatic carbocycles. The normalized spacial score (nSPS) is 10.1. The van der Waals surface area contributed by atoms with Crippen LogP contribution in [-0.2, 0) is 4.79 Å². The van der Waals surface area contributed by atoms with Crippen LogP contribution in [0.4, 0.5) is 15.8 Å². The maximum Gasteiger partial charge on any atom is 0.262 e. The van der Waals surface area contributed by atoms with Gasteiger partial charge in [-0.15, -0.1) is 0 Å². The van der Waals surface area contributed by atoms with Crippen LogP contribution in [0.2, 0.25) is 0 Å². The predicted molar refractivity (Wildman–Crippen MR) is 79.1 cm³/mol. The van der Waals surface area contributed by atoms with Gasteiger partial charge in [-0.25, -0.2) is 4.39 Å². The molecule has 0 aliphatic carbocycles. The van der Waals surface area contributed by atoms with Gasteiger partial charge in [-0.2, -0.15) is 0 Å².